The maximum Gasteiger partial charge on any atom is 0.291 e. The van der Waals surface area contributed by atoms with E-state index in [4.69, 9.17) is 5.73 Å². The molecule has 0 spiro atoms. The Bertz CT molecular complexity index is 725. The van der Waals surface area contributed by atoms with Gasteiger partial charge in [0.15, 0.2) is 5.82 Å². The van der Waals surface area contributed by atoms with Crippen LogP contribution >= 0.6 is 11.8 Å². The zero-order chi connectivity index (χ0) is 17.0. The number of hydrogen-bond acceptors (Lipinski definition) is 5. The summed E-state index contributed by atoms with van der Waals surface area (Å²) in [6.45, 7) is 8.29. The first-order valence-corrected chi connectivity index (χ1v) is 8.73. The molecule has 2 rings (SSSR count). The number of aromatic nitrogens is 2. The predicted octanol–water partition coefficient (Wildman–Crippen LogP) is 3.59. The van der Waals surface area contributed by atoms with Gasteiger partial charge < -0.3 is 16.0 Å². The van der Waals surface area contributed by atoms with Gasteiger partial charge >= 0.3 is 0 Å². The van der Waals surface area contributed by atoms with Crippen molar-refractivity contribution in [1.29, 1.82) is 0 Å². The fourth-order valence-corrected chi connectivity index (χ4v) is 3.00. The molecule has 6 heteroatoms. The van der Waals surface area contributed by atoms with Gasteiger partial charge in [0.25, 0.3) is 5.56 Å². The molecule has 0 saturated carbocycles. The van der Waals surface area contributed by atoms with Gasteiger partial charge in [-0.3, -0.25) is 4.79 Å². The average Bonchev–Trinajstić information content (AvgIpc) is 2.46. The maximum atomic E-state index is 12.1. The second kappa shape index (κ2) is 7.55. The molecule has 1 aromatic carbocycles. The fraction of sp³-hybridized carbons (Fsp3) is 0.412. The molecule has 0 saturated heterocycles. The third-order valence-corrected chi connectivity index (χ3v) is 4.44. The highest BCUT2D eigenvalue weighted by atomic mass is 32.2. The standard InChI is InChI=1S/C17H24N4OS/c1-10(2)9-23-14-6-12(5-13(18)7-14)15-8-19-16(17(22)21-15)20-11(3)4/h5-8,10-11H,9,18H2,1-4H3,(H,19,20)(H,21,22). The lowest BCUT2D eigenvalue weighted by molar-refractivity contribution is 0.750. The number of rotatable bonds is 6. The van der Waals surface area contributed by atoms with Crippen molar-refractivity contribution in [3.8, 4) is 11.3 Å². The van der Waals surface area contributed by atoms with Crippen molar-refractivity contribution in [2.24, 2.45) is 5.92 Å². The summed E-state index contributed by atoms with van der Waals surface area (Å²) < 4.78 is 0. The quantitative estimate of drug-likeness (QED) is 0.556. The van der Waals surface area contributed by atoms with Crippen LogP contribution in [0.4, 0.5) is 11.5 Å². The molecular weight excluding hydrogens is 308 g/mol. The van der Waals surface area contributed by atoms with Gasteiger partial charge in [-0.15, -0.1) is 11.8 Å². The Morgan fingerprint density at radius 2 is 2.00 bits per heavy atom. The molecule has 0 aliphatic rings. The van der Waals surface area contributed by atoms with E-state index in [2.05, 4.69) is 29.1 Å². The number of H-pyrrole nitrogens is 1. The number of anilines is 2. The van der Waals surface area contributed by atoms with Crippen LogP contribution < -0.4 is 16.6 Å². The van der Waals surface area contributed by atoms with Crippen LogP contribution in [0.2, 0.25) is 0 Å². The van der Waals surface area contributed by atoms with Gasteiger partial charge in [0.2, 0.25) is 0 Å². The Morgan fingerprint density at radius 3 is 2.61 bits per heavy atom. The van der Waals surface area contributed by atoms with E-state index in [0.717, 1.165) is 16.2 Å². The van der Waals surface area contributed by atoms with Crippen molar-refractivity contribution in [3.63, 3.8) is 0 Å². The zero-order valence-electron chi connectivity index (χ0n) is 14.0. The zero-order valence-corrected chi connectivity index (χ0v) is 14.8. The van der Waals surface area contributed by atoms with E-state index < -0.39 is 0 Å². The van der Waals surface area contributed by atoms with E-state index in [-0.39, 0.29) is 11.6 Å². The molecular formula is C17H24N4OS. The number of benzene rings is 1. The molecule has 1 heterocycles. The number of nitrogens with zero attached hydrogens (tertiary/aromatic N) is 1. The highest BCUT2D eigenvalue weighted by Crippen LogP contribution is 2.28. The molecule has 0 bridgehead atoms. The number of nitrogens with two attached hydrogens (primary N) is 1. The average molecular weight is 332 g/mol. The van der Waals surface area contributed by atoms with E-state index in [1.807, 2.05) is 32.0 Å². The Hall–Kier alpha value is -1.95. The van der Waals surface area contributed by atoms with E-state index in [0.29, 0.717) is 23.1 Å². The third kappa shape index (κ3) is 5.03. The molecule has 0 radical (unpaired) electrons. The topological polar surface area (TPSA) is 83.8 Å². The molecule has 0 aliphatic carbocycles. The van der Waals surface area contributed by atoms with Crippen molar-refractivity contribution < 1.29 is 0 Å². The Kier molecular flexibility index (Phi) is 5.71. The minimum absolute atomic E-state index is 0.154. The van der Waals surface area contributed by atoms with Crippen LogP contribution in [0.5, 0.6) is 0 Å². The summed E-state index contributed by atoms with van der Waals surface area (Å²) in [7, 11) is 0. The number of aromatic amines is 1. The lowest BCUT2D eigenvalue weighted by Crippen LogP contribution is -2.21. The van der Waals surface area contributed by atoms with Crippen LogP contribution in [0.3, 0.4) is 0 Å². The summed E-state index contributed by atoms with van der Waals surface area (Å²) in [5, 5.41) is 3.02. The third-order valence-electron chi connectivity index (χ3n) is 3.03. The van der Waals surface area contributed by atoms with Crippen LogP contribution in [-0.2, 0) is 0 Å². The Balaban J connectivity index is 2.30. The Labute approximate surface area is 141 Å². The first-order chi connectivity index (χ1) is 10.8. The SMILES string of the molecule is CC(C)CSc1cc(N)cc(-c2cnc(NC(C)C)c(=O)[nH]2)c1. The number of nitrogen functional groups attached to an aromatic ring is 1. The molecule has 124 valence electrons. The first-order valence-electron chi connectivity index (χ1n) is 7.74. The number of nitrogens with one attached hydrogen (secondary N) is 2. The molecule has 0 unspecified atom stereocenters. The molecule has 2 aromatic rings. The summed E-state index contributed by atoms with van der Waals surface area (Å²) in [6, 6.07) is 5.99. The molecule has 1 aromatic heterocycles. The molecule has 0 aliphatic heterocycles. The van der Waals surface area contributed by atoms with Gasteiger partial charge in [-0.25, -0.2) is 4.98 Å². The minimum atomic E-state index is -0.227. The summed E-state index contributed by atoms with van der Waals surface area (Å²) in [6.07, 6.45) is 1.66. The highest BCUT2D eigenvalue weighted by Gasteiger charge is 2.08. The molecule has 0 atom stereocenters. The minimum Gasteiger partial charge on any atom is -0.399 e. The van der Waals surface area contributed by atoms with Gasteiger partial charge in [0.05, 0.1) is 11.9 Å². The van der Waals surface area contributed by atoms with Gasteiger partial charge in [0, 0.05) is 27.9 Å². The van der Waals surface area contributed by atoms with Crippen LogP contribution in [0.15, 0.2) is 34.1 Å². The van der Waals surface area contributed by atoms with E-state index >= 15 is 0 Å². The lowest BCUT2D eigenvalue weighted by Gasteiger charge is -2.11. The largest absolute Gasteiger partial charge is 0.399 e. The molecule has 5 nitrogen and oxygen atoms in total. The molecule has 0 amide bonds. The van der Waals surface area contributed by atoms with Gasteiger partial charge in [-0.05, 0) is 38.0 Å². The predicted molar refractivity (Wildman–Crippen MR) is 99.0 cm³/mol. The van der Waals surface area contributed by atoms with Crippen LogP contribution in [0.1, 0.15) is 27.7 Å². The summed E-state index contributed by atoms with van der Waals surface area (Å²) >= 11 is 1.76. The molecule has 23 heavy (non-hydrogen) atoms. The number of thioether (sulfide) groups is 1. The van der Waals surface area contributed by atoms with Gasteiger partial charge in [0.1, 0.15) is 0 Å². The summed E-state index contributed by atoms with van der Waals surface area (Å²) in [5.74, 6) is 1.96. The van der Waals surface area contributed by atoms with E-state index in [9.17, 15) is 4.79 Å². The van der Waals surface area contributed by atoms with Crippen molar-refractivity contribution in [3.05, 3.63) is 34.7 Å². The summed E-state index contributed by atoms with van der Waals surface area (Å²) in [5.41, 5.74) is 7.99. The second-order valence-corrected chi connectivity index (χ2v) is 7.36. The highest BCUT2D eigenvalue weighted by molar-refractivity contribution is 7.99. The summed E-state index contributed by atoms with van der Waals surface area (Å²) in [4.78, 5) is 20.3. The van der Waals surface area contributed by atoms with Crippen LogP contribution in [-0.4, -0.2) is 21.8 Å². The van der Waals surface area contributed by atoms with Gasteiger partial charge in [-0.1, -0.05) is 13.8 Å². The van der Waals surface area contributed by atoms with Crippen molar-refractivity contribution >= 4 is 23.3 Å². The van der Waals surface area contributed by atoms with Crippen molar-refractivity contribution in [2.75, 3.05) is 16.8 Å². The van der Waals surface area contributed by atoms with Crippen molar-refractivity contribution in [2.45, 2.75) is 38.6 Å². The normalized spacial score (nSPS) is 11.2. The van der Waals surface area contributed by atoms with Crippen molar-refractivity contribution in [1.82, 2.24) is 9.97 Å². The van der Waals surface area contributed by atoms with Gasteiger partial charge in [-0.2, -0.15) is 0 Å². The maximum absolute atomic E-state index is 12.1. The molecule has 0 fully saturated rings. The van der Waals surface area contributed by atoms with E-state index in [1.54, 1.807) is 18.0 Å². The molecule has 4 N–H and O–H groups in total. The Morgan fingerprint density at radius 1 is 1.26 bits per heavy atom. The first kappa shape index (κ1) is 17.4. The van der Waals surface area contributed by atoms with Crippen LogP contribution in [0.25, 0.3) is 11.3 Å². The monoisotopic (exact) mass is 332 g/mol. The fourth-order valence-electron chi connectivity index (χ4n) is 2.05. The second-order valence-electron chi connectivity index (χ2n) is 6.27. The van der Waals surface area contributed by atoms with E-state index in [1.165, 1.54) is 0 Å². The number of hydrogen-bond donors (Lipinski definition) is 3. The van der Waals surface area contributed by atoms with Crippen LogP contribution in [0, 0.1) is 5.92 Å². The lowest BCUT2D eigenvalue weighted by atomic mass is 10.1. The smallest absolute Gasteiger partial charge is 0.291 e.